The standard InChI is InChI=1S/C16H23NO5/c1-11(2)9-22-13-6-4-12(5-7-13)8-15(18)17-14(10-21-3)16(19)20/h4-7,11,14H,8-10H2,1-3H3,(H,17,18)(H,19,20). The molecule has 0 spiro atoms. The van der Waals surface area contributed by atoms with E-state index in [1.54, 1.807) is 24.3 Å². The Hall–Kier alpha value is -2.08. The number of carbonyl (C=O) groups is 2. The first-order valence-corrected chi connectivity index (χ1v) is 7.15. The number of hydrogen-bond acceptors (Lipinski definition) is 4. The highest BCUT2D eigenvalue weighted by Gasteiger charge is 2.19. The van der Waals surface area contributed by atoms with Crippen LogP contribution in [0.2, 0.25) is 0 Å². The first kappa shape index (κ1) is 18.0. The average molecular weight is 309 g/mol. The largest absolute Gasteiger partial charge is 0.493 e. The molecule has 1 unspecified atom stereocenters. The smallest absolute Gasteiger partial charge is 0.328 e. The molecule has 6 nitrogen and oxygen atoms in total. The van der Waals surface area contributed by atoms with Gasteiger partial charge in [0.2, 0.25) is 5.91 Å². The number of hydrogen-bond donors (Lipinski definition) is 2. The van der Waals surface area contributed by atoms with E-state index in [0.29, 0.717) is 12.5 Å². The Bertz CT molecular complexity index is 484. The molecule has 1 amide bonds. The maximum atomic E-state index is 11.8. The molecule has 2 N–H and O–H groups in total. The number of aliphatic carboxylic acids is 1. The highest BCUT2D eigenvalue weighted by Crippen LogP contribution is 2.13. The van der Waals surface area contributed by atoms with E-state index in [2.05, 4.69) is 19.2 Å². The normalized spacial score (nSPS) is 12.0. The minimum absolute atomic E-state index is 0.0664. The second-order valence-electron chi connectivity index (χ2n) is 5.44. The summed E-state index contributed by atoms with van der Waals surface area (Å²) in [6.07, 6.45) is 0.109. The first-order chi connectivity index (χ1) is 10.4. The summed E-state index contributed by atoms with van der Waals surface area (Å²) in [6, 6.07) is 6.15. The van der Waals surface area contributed by atoms with Crippen molar-refractivity contribution in [1.82, 2.24) is 5.32 Å². The molecule has 0 fully saturated rings. The second-order valence-corrected chi connectivity index (χ2v) is 5.44. The van der Waals surface area contributed by atoms with Crippen LogP contribution in [0.4, 0.5) is 0 Å². The average Bonchev–Trinajstić information content (AvgIpc) is 2.46. The molecule has 0 aromatic heterocycles. The molecule has 0 radical (unpaired) electrons. The topological polar surface area (TPSA) is 84.9 Å². The quantitative estimate of drug-likeness (QED) is 0.722. The summed E-state index contributed by atoms with van der Waals surface area (Å²) in [5.74, 6) is -0.284. The van der Waals surface area contributed by atoms with Gasteiger partial charge in [0.15, 0.2) is 6.04 Å². The summed E-state index contributed by atoms with van der Waals surface area (Å²) in [4.78, 5) is 22.8. The van der Waals surface area contributed by atoms with Gasteiger partial charge in [0.05, 0.1) is 19.6 Å². The van der Waals surface area contributed by atoms with E-state index in [1.165, 1.54) is 7.11 Å². The lowest BCUT2D eigenvalue weighted by molar-refractivity contribution is -0.143. The van der Waals surface area contributed by atoms with Gasteiger partial charge in [-0.25, -0.2) is 4.79 Å². The van der Waals surface area contributed by atoms with Crippen molar-refractivity contribution in [3.8, 4) is 5.75 Å². The fourth-order valence-corrected chi connectivity index (χ4v) is 1.74. The molecule has 0 bridgehead atoms. The van der Waals surface area contributed by atoms with E-state index in [9.17, 15) is 9.59 Å². The van der Waals surface area contributed by atoms with Crippen LogP contribution in [0.25, 0.3) is 0 Å². The van der Waals surface area contributed by atoms with Crippen LogP contribution in [0.15, 0.2) is 24.3 Å². The van der Waals surface area contributed by atoms with Crippen molar-refractivity contribution >= 4 is 11.9 Å². The third-order valence-electron chi connectivity index (χ3n) is 2.84. The number of benzene rings is 1. The number of carboxylic acid groups (broad SMARTS) is 1. The molecule has 0 aliphatic carbocycles. The van der Waals surface area contributed by atoms with Crippen LogP contribution in [0.3, 0.4) is 0 Å². The predicted molar refractivity (Wildman–Crippen MR) is 81.9 cm³/mol. The maximum absolute atomic E-state index is 11.8. The molecule has 1 aromatic rings. The minimum Gasteiger partial charge on any atom is -0.493 e. The lowest BCUT2D eigenvalue weighted by Crippen LogP contribution is -2.44. The first-order valence-electron chi connectivity index (χ1n) is 7.15. The number of amides is 1. The number of methoxy groups -OCH3 is 1. The Labute approximate surface area is 130 Å². The van der Waals surface area contributed by atoms with E-state index >= 15 is 0 Å². The number of carboxylic acids is 1. The van der Waals surface area contributed by atoms with Crippen LogP contribution in [-0.4, -0.2) is 43.3 Å². The molecular weight excluding hydrogens is 286 g/mol. The Morgan fingerprint density at radius 2 is 1.82 bits per heavy atom. The van der Waals surface area contributed by atoms with Gasteiger partial charge in [0.25, 0.3) is 0 Å². The third-order valence-corrected chi connectivity index (χ3v) is 2.84. The monoisotopic (exact) mass is 309 g/mol. The van der Waals surface area contributed by atoms with Gasteiger partial charge < -0.3 is 19.9 Å². The lowest BCUT2D eigenvalue weighted by atomic mass is 10.1. The van der Waals surface area contributed by atoms with Crippen molar-refractivity contribution in [1.29, 1.82) is 0 Å². The highest BCUT2D eigenvalue weighted by molar-refractivity contribution is 5.84. The summed E-state index contributed by atoms with van der Waals surface area (Å²) in [5.41, 5.74) is 0.788. The summed E-state index contributed by atoms with van der Waals surface area (Å²) in [5, 5.41) is 11.4. The predicted octanol–water partition coefficient (Wildman–Crippen LogP) is 1.48. The van der Waals surface area contributed by atoms with Gasteiger partial charge in [-0.05, 0) is 23.6 Å². The van der Waals surface area contributed by atoms with E-state index in [0.717, 1.165) is 11.3 Å². The summed E-state index contributed by atoms with van der Waals surface area (Å²) in [6.45, 7) is 4.70. The van der Waals surface area contributed by atoms with Crippen LogP contribution in [0, 0.1) is 5.92 Å². The molecule has 0 saturated heterocycles. The van der Waals surface area contributed by atoms with E-state index in [1.807, 2.05) is 0 Å². The van der Waals surface area contributed by atoms with Crippen molar-refractivity contribution in [3.63, 3.8) is 0 Å². The van der Waals surface area contributed by atoms with Crippen molar-refractivity contribution in [2.24, 2.45) is 5.92 Å². The number of nitrogens with one attached hydrogen (secondary N) is 1. The molecule has 22 heavy (non-hydrogen) atoms. The van der Waals surface area contributed by atoms with Gasteiger partial charge in [-0.1, -0.05) is 26.0 Å². The molecule has 122 valence electrons. The van der Waals surface area contributed by atoms with Gasteiger partial charge >= 0.3 is 5.97 Å². The van der Waals surface area contributed by atoms with Gasteiger partial charge in [0, 0.05) is 7.11 Å². The minimum atomic E-state index is -1.12. The Morgan fingerprint density at radius 1 is 1.18 bits per heavy atom. The van der Waals surface area contributed by atoms with Crippen LogP contribution >= 0.6 is 0 Å². The van der Waals surface area contributed by atoms with Crippen molar-refractivity contribution < 1.29 is 24.2 Å². The summed E-state index contributed by atoms with van der Waals surface area (Å²) < 4.78 is 10.3. The Kier molecular flexibility index (Phi) is 7.39. The van der Waals surface area contributed by atoms with Crippen LogP contribution in [-0.2, 0) is 20.7 Å². The van der Waals surface area contributed by atoms with Gasteiger partial charge in [0.1, 0.15) is 5.75 Å². The summed E-state index contributed by atoms with van der Waals surface area (Å²) >= 11 is 0. The molecule has 0 heterocycles. The fraction of sp³-hybridized carbons (Fsp3) is 0.500. The number of carbonyl (C=O) groups excluding carboxylic acids is 1. The zero-order chi connectivity index (χ0) is 16.5. The summed E-state index contributed by atoms with van der Waals surface area (Å²) in [7, 11) is 1.39. The van der Waals surface area contributed by atoms with Crippen LogP contribution in [0.5, 0.6) is 5.75 Å². The Balaban J connectivity index is 2.52. The zero-order valence-corrected chi connectivity index (χ0v) is 13.2. The molecule has 0 aliphatic rings. The molecule has 1 atom stereocenters. The van der Waals surface area contributed by atoms with Crippen molar-refractivity contribution in [3.05, 3.63) is 29.8 Å². The molecule has 1 rings (SSSR count). The van der Waals surface area contributed by atoms with Gasteiger partial charge in [-0.2, -0.15) is 0 Å². The van der Waals surface area contributed by atoms with Crippen molar-refractivity contribution in [2.75, 3.05) is 20.3 Å². The second kappa shape index (κ2) is 9.04. The zero-order valence-electron chi connectivity index (χ0n) is 13.2. The van der Waals surface area contributed by atoms with Crippen LogP contribution < -0.4 is 10.1 Å². The fourth-order valence-electron chi connectivity index (χ4n) is 1.74. The van der Waals surface area contributed by atoms with Gasteiger partial charge in [-0.3, -0.25) is 4.79 Å². The Morgan fingerprint density at radius 3 is 2.32 bits per heavy atom. The molecule has 0 aliphatic heterocycles. The molecule has 6 heteroatoms. The number of ether oxygens (including phenoxy) is 2. The van der Waals surface area contributed by atoms with Crippen molar-refractivity contribution in [2.45, 2.75) is 26.3 Å². The van der Waals surface area contributed by atoms with E-state index < -0.39 is 12.0 Å². The molecular formula is C16H23NO5. The highest BCUT2D eigenvalue weighted by atomic mass is 16.5. The molecule has 1 aromatic carbocycles. The van der Waals surface area contributed by atoms with Gasteiger partial charge in [-0.15, -0.1) is 0 Å². The third kappa shape index (κ3) is 6.58. The molecule has 0 saturated carbocycles. The number of rotatable bonds is 9. The SMILES string of the molecule is COCC(NC(=O)Cc1ccc(OCC(C)C)cc1)C(=O)O. The maximum Gasteiger partial charge on any atom is 0.328 e. The van der Waals surface area contributed by atoms with E-state index in [-0.39, 0.29) is 18.9 Å². The van der Waals surface area contributed by atoms with Crippen LogP contribution in [0.1, 0.15) is 19.4 Å². The van der Waals surface area contributed by atoms with E-state index in [4.69, 9.17) is 14.6 Å². The lowest BCUT2D eigenvalue weighted by Gasteiger charge is -2.13.